The van der Waals surface area contributed by atoms with Crippen LogP contribution in [-0.2, 0) is 9.53 Å². The average Bonchev–Trinajstić information content (AvgIpc) is 2.22. The first-order chi connectivity index (χ1) is 7.61. The largest absolute Gasteiger partial charge is 0.465 e. The minimum atomic E-state index is -3.03. The van der Waals surface area contributed by atoms with Crippen molar-refractivity contribution < 1.29 is 18.3 Å². The van der Waals surface area contributed by atoms with E-state index in [-0.39, 0.29) is 6.61 Å². The van der Waals surface area contributed by atoms with E-state index in [2.05, 4.69) is 0 Å². The summed E-state index contributed by atoms with van der Waals surface area (Å²) in [4.78, 5) is 12.0. The van der Waals surface area contributed by atoms with Crippen molar-refractivity contribution in [2.75, 3.05) is 6.61 Å². The molecule has 0 saturated heterocycles. The van der Waals surface area contributed by atoms with Crippen molar-refractivity contribution in [3.05, 3.63) is 0 Å². The molecule has 2 atom stereocenters. The molecular formula is C13H22F2O2. The van der Waals surface area contributed by atoms with Gasteiger partial charge in [0.05, 0.1) is 6.61 Å². The van der Waals surface area contributed by atoms with Crippen LogP contribution in [0, 0.1) is 16.7 Å². The van der Waals surface area contributed by atoms with E-state index in [1.165, 1.54) is 13.8 Å². The molecule has 2 unspecified atom stereocenters. The summed E-state index contributed by atoms with van der Waals surface area (Å²) in [6, 6.07) is 0. The lowest BCUT2D eigenvalue weighted by Gasteiger charge is -2.52. The number of ether oxygens (including phenoxy) is 1. The van der Waals surface area contributed by atoms with Gasteiger partial charge in [0.25, 0.3) is 5.92 Å². The molecule has 2 nitrogen and oxygen atoms in total. The van der Waals surface area contributed by atoms with Crippen molar-refractivity contribution in [1.82, 2.24) is 0 Å². The van der Waals surface area contributed by atoms with Crippen LogP contribution in [0.15, 0.2) is 0 Å². The third-order valence-electron chi connectivity index (χ3n) is 4.53. The van der Waals surface area contributed by atoms with Crippen molar-refractivity contribution in [3.63, 3.8) is 0 Å². The van der Waals surface area contributed by atoms with Gasteiger partial charge in [0.15, 0.2) is 0 Å². The van der Waals surface area contributed by atoms with Gasteiger partial charge in [0.1, 0.15) is 5.41 Å². The molecule has 0 aromatic carbocycles. The van der Waals surface area contributed by atoms with Crippen LogP contribution in [0.3, 0.4) is 0 Å². The maximum atomic E-state index is 14.4. The highest BCUT2D eigenvalue weighted by molar-refractivity contribution is 5.79. The Morgan fingerprint density at radius 3 is 2.35 bits per heavy atom. The van der Waals surface area contributed by atoms with Crippen LogP contribution in [0.2, 0.25) is 0 Å². The number of carbonyl (C=O) groups excluding carboxylic acids is 1. The van der Waals surface area contributed by atoms with Gasteiger partial charge in [-0.2, -0.15) is 0 Å². The second kappa shape index (κ2) is 4.21. The van der Waals surface area contributed by atoms with Crippen molar-refractivity contribution in [2.45, 2.75) is 53.4 Å². The number of carbonyl (C=O) groups is 1. The topological polar surface area (TPSA) is 26.3 Å². The Bertz CT molecular complexity index is 313. The number of rotatable bonds is 2. The first-order valence-corrected chi connectivity index (χ1v) is 6.16. The van der Waals surface area contributed by atoms with Crippen LogP contribution in [0.1, 0.15) is 47.5 Å². The van der Waals surface area contributed by atoms with Gasteiger partial charge in [-0.15, -0.1) is 0 Å². The van der Waals surface area contributed by atoms with Gasteiger partial charge in [-0.1, -0.05) is 20.8 Å². The third kappa shape index (κ3) is 1.85. The van der Waals surface area contributed by atoms with E-state index >= 15 is 0 Å². The average molecular weight is 248 g/mol. The van der Waals surface area contributed by atoms with E-state index in [1.807, 2.05) is 0 Å². The van der Waals surface area contributed by atoms with Crippen molar-refractivity contribution >= 4 is 5.97 Å². The highest BCUT2D eigenvalue weighted by Crippen LogP contribution is 2.60. The Morgan fingerprint density at radius 1 is 1.35 bits per heavy atom. The van der Waals surface area contributed by atoms with Crippen LogP contribution < -0.4 is 0 Å². The number of hydrogen-bond donors (Lipinski definition) is 0. The maximum absolute atomic E-state index is 14.4. The lowest BCUT2D eigenvalue weighted by Crippen LogP contribution is -2.61. The molecular weight excluding hydrogens is 226 g/mol. The molecule has 0 N–H and O–H groups in total. The van der Waals surface area contributed by atoms with Crippen LogP contribution in [0.4, 0.5) is 8.78 Å². The van der Waals surface area contributed by atoms with Crippen molar-refractivity contribution in [3.8, 4) is 0 Å². The second-order valence-corrected chi connectivity index (χ2v) is 5.79. The Balaban J connectivity index is 3.24. The normalized spacial score (nSPS) is 35.4. The van der Waals surface area contributed by atoms with Crippen LogP contribution in [0.5, 0.6) is 0 Å². The molecule has 0 amide bonds. The molecule has 1 aliphatic rings. The smallest absolute Gasteiger partial charge is 0.318 e. The standard InChI is InChI=1S/C13H22F2O2/c1-6-17-10(16)12(5)11(3,4)8-7-9(2)13(12,14)15/h9H,6-8H2,1-5H3. The molecule has 0 aromatic rings. The molecule has 1 fully saturated rings. The van der Waals surface area contributed by atoms with Gasteiger partial charge in [-0.05, 0) is 32.1 Å². The molecule has 1 rings (SSSR count). The third-order valence-corrected chi connectivity index (χ3v) is 4.53. The quantitative estimate of drug-likeness (QED) is 0.697. The van der Waals surface area contributed by atoms with Gasteiger partial charge in [0.2, 0.25) is 0 Å². The first-order valence-electron chi connectivity index (χ1n) is 6.16. The fraction of sp³-hybridized carbons (Fsp3) is 0.923. The Hall–Kier alpha value is -0.670. The van der Waals surface area contributed by atoms with E-state index in [1.54, 1.807) is 20.8 Å². The monoisotopic (exact) mass is 248 g/mol. The molecule has 0 aromatic heterocycles. The number of esters is 1. The van der Waals surface area contributed by atoms with Gasteiger partial charge >= 0.3 is 5.97 Å². The van der Waals surface area contributed by atoms with Crippen LogP contribution in [0.25, 0.3) is 0 Å². The lowest BCUT2D eigenvalue weighted by atomic mass is 9.54. The highest BCUT2D eigenvalue weighted by Gasteiger charge is 2.68. The van der Waals surface area contributed by atoms with E-state index < -0.39 is 28.6 Å². The molecule has 0 bridgehead atoms. The summed E-state index contributed by atoms with van der Waals surface area (Å²) >= 11 is 0. The van der Waals surface area contributed by atoms with Crippen LogP contribution in [-0.4, -0.2) is 18.5 Å². The van der Waals surface area contributed by atoms with E-state index in [0.717, 1.165) is 0 Å². The minimum Gasteiger partial charge on any atom is -0.465 e. The Morgan fingerprint density at radius 2 is 1.88 bits per heavy atom. The summed E-state index contributed by atoms with van der Waals surface area (Å²) in [7, 11) is 0. The predicted molar refractivity (Wildman–Crippen MR) is 61.9 cm³/mol. The molecule has 17 heavy (non-hydrogen) atoms. The molecule has 0 aliphatic heterocycles. The zero-order valence-corrected chi connectivity index (χ0v) is 11.3. The van der Waals surface area contributed by atoms with E-state index in [9.17, 15) is 13.6 Å². The summed E-state index contributed by atoms with van der Waals surface area (Å²) < 4.78 is 33.7. The highest BCUT2D eigenvalue weighted by atomic mass is 19.3. The second-order valence-electron chi connectivity index (χ2n) is 5.79. The van der Waals surface area contributed by atoms with Gasteiger partial charge in [-0.25, -0.2) is 8.78 Å². The molecule has 0 radical (unpaired) electrons. The van der Waals surface area contributed by atoms with E-state index in [4.69, 9.17) is 4.74 Å². The van der Waals surface area contributed by atoms with E-state index in [0.29, 0.717) is 12.8 Å². The number of halogens is 2. The molecule has 100 valence electrons. The van der Waals surface area contributed by atoms with Gasteiger partial charge in [0, 0.05) is 5.92 Å². The number of hydrogen-bond acceptors (Lipinski definition) is 2. The minimum absolute atomic E-state index is 0.134. The molecule has 4 heteroatoms. The summed E-state index contributed by atoms with van der Waals surface area (Å²) in [5.41, 5.74) is -2.50. The molecule has 0 heterocycles. The lowest BCUT2D eigenvalue weighted by molar-refractivity contribution is -0.237. The number of alkyl halides is 2. The zero-order valence-electron chi connectivity index (χ0n) is 11.3. The van der Waals surface area contributed by atoms with Gasteiger partial charge in [-0.3, -0.25) is 4.79 Å². The van der Waals surface area contributed by atoms with Gasteiger partial charge < -0.3 is 4.74 Å². The maximum Gasteiger partial charge on any atom is 0.318 e. The summed E-state index contributed by atoms with van der Waals surface area (Å²) in [5, 5.41) is 0. The Kier molecular flexibility index (Phi) is 3.57. The summed E-state index contributed by atoms with van der Waals surface area (Å²) in [5.74, 6) is -4.59. The molecule has 1 aliphatic carbocycles. The summed E-state index contributed by atoms with van der Waals surface area (Å²) in [6.45, 7) is 8.08. The predicted octanol–water partition coefficient (Wildman–Crippen LogP) is 3.65. The molecule has 0 spiro atoms. The van der Waals surface area contributed by atoms with Crippen LogP contribution >= 0.6 is 0 Å². The van der Waals surface area contributed by atoms with Crippen molar-refractivity contribution in [1.29, 1.82) is 0 Å². The first kappa shape index (κ1) is 14.4. The summed E-state index contributed by atoms with van der Waals surface area (Å²) in [6.07, 6.45) is 1.05. The fourth-order valence-electron chi connectivity index (χ4n) is 2.64. The Labute approximate surface area is 102 Å². The van der Waals surface area contributed by atoms with Crippen molar-refractivity contribution in [2.24, 2.45) is 16.7 Å². The fourth-order valence-corrected chi connectivity index (χ4v) is 2.64. The zero-order chi connectivity index (χ0) is 13.5. The SMILES string of the molecule is CCOC(=O)C1(C)C(C)(C)CCC(C)C1(F)F. The molecule has 1 saturated carbocycles.